The van der Waals surface area contributed by atoms with E-state index in [1.807, 2.05) is 37.3 Å². The highest BCUT2D eigenvalue weighted by Crippen LogP contribution is 2.21. The van der Waals surface area contributed by atoms with Gasteiger partial charge in [0.25, 0.3) is 5.91 Å². The van der Waals surface area contributed by atoms with Crippen molar-refractivity contribution in [1.29, 1.82) is 0 Å². The average Bonchev–Trinajstić information content (AvgIpc) is 3.16. The smallest absolute Gasteiger partial charge is 0.253 e. The Kier molecular flexibility index (Phi) is 5.41. The Morgan fingerprint density at radius 1 is 1.21 bits per heavy atom. The summed E-state index contributed by atoms with van der Waals surface area (Å²) in [4.78, 5) is 26.7. The van der Waals surface area contributed by atoms with Crippen LogP contribution in [0.5, 0.6) is 5.88 Å². The number of benzene rings is 1. The van der Waals surface area contributed by atoms with Gasteiger partial charge in [-0.3, -0.25) is 4.79 Å². The van der Waals surface area contributed by atoms with Crippen molar-refractivity contribution in [3.8, 4) is 5.88 Å². The molecule has 1 aromatic carbocycles. The minimum Gasteiger partial charge on any atom is -0.476 e. The molecular weight excluding hydrogens is 354 g/mol. The third-order valence-corrected chi connectivity index (χ3v) is 4.95. The van der Waals surface area contributed by atoms with Gasteiger partial charge in [0.2, 0.25) is 5.88 Å². The van der Waals surface area contributed by atoms with Crippen molar-refractivity contribution in [3.63, 3.8) is 0 Å². The van der Waals surface area contributed by atoms with E-state index in [0.717, 1.165) is 29.8 Å². The van der Waals surface area contributed by atoms with Crippen LogP contribution in [0.4, 0.5) is 5.82 Å². The van der Waals surface area contributed by atoms with Crippen LogP contribution in [-0.2, 0) is 0 Å². The molecule has 146 valence electrons. The molecule has 1 aliphatic heterocycles. The molecule has 0 atom stereocenters. The van der Waals surface area contributed by atoms with Gasteiger partial charge in [-0.25, -0.2) is 4.98 Å². The molecule has 7 heteroatoms. The van der Waals surface area contributed by atoms with E-state index in [9.17, 15) is 4.79 Å². The van der Waals surface area contributed by atoms with Crippen molar-refractivity contribution in [3.05, 3.63) is 47.9 Å². The van der Waals surface area contributed by atoms with Crippen LogP contribution in [-0.4, -0.2) is 47.1 Å². The first-order valence-corrected chi connectivity index (χ1v) is 9.78. The molecule has 1 amide bonds. The zero-order chi connectivity index (χ0) is 19.3. The number of anilines is 1. The topological polar surface area (TPSA) is 83.1 Å². The number of H-pyrrole nitrogens is 1. The molecule has 1 aliphatic rings. The van der Waals surface area contributed by atoms with Crippen molar-refractivity contribution in [1.82, 2.24) is 20.3 Å². The number of rotatable bonds is 6. The molecule has 1 fully saturated rings. The van der Waals surface area contributed by atoms with E-state index in [1.54, 1.807) is 6.20 Å². The second-order valence-electron chi connectivity index (χ2n) is 7.01. The van der Waals surface area contributed by atoms with Gasteiger partial charge in [-0.05, 0) is 32.3 Å². The summed E-state index contributed by atoms with van der Waals surface area (Å²) in [5.41, 5.74) is 1.59. The van der Waals surface area contributed by atoms with Crippen LogP contribution in [0, 0.1) is 6.92 Å². The van der Waals surface area contributed by atoms with E-state index in [-0.39, 0.29) is 5.91 Å². The molecule has 4 rings (SSSR count). The van der Waals surface area contributed by atoms with Gasteiger partial charge in [-0.1, -0.05) is 18.2 Å². The lowest BCUT2D eigenvalue weighted by Gasteiger charge is -2.28. The highest BCUT2D eigenvalue weighted by Gasteiger charge is 2.15. The van der Waals surface area contributed by atoms with Gasteiger partial charge in [-0.15, -0.1) is 0 Å². The number of amides is 1. The standard InChI is InChI=1S/C21H25N5O2/c1-15-24-19(26-10-5-2-6-11-26)13-20(25-15)28-12-9-22-21(27)17-14-23-18-8-4-3-7-16(17)18/h3-4,7-8,13-14,23H,2,5-6,9-12H2,1H3,(H,22,27). The van der Waals surface area contributed by atoms with E-state index in [0.29, 0.717) is 30.4 Å². The van der Waals surface area contributed by atoms with Gasteiger partial charge >= 0.3 is 0 Å². The Hall–Kier alpha value is -3.09. The van der Waals surface area contributed by atoms with Crippen molar-refractivity contribution in [2.45, 2.75) is 26.2 Å². The van der Waals surface area contributed by atoms with E-state index in [4.69, 9.17) is 4.74 Å². The molecule has 0 aliphatic carbocycles. The number of aromatic nitrogens is 3. The molecule has 28 heavy (non-hydrogen) atoms. The number of ether oxygens (including phenoxy) is 1. The molecule has 1 saturated heterocycles. The fourth-order valence-electron chi connectivity index (χ4n) is 3.56. The summed E-state index contributed by atoms with van der Waals surface area (Å²) in [7, 11) is 0. The highest BCUT2D eigenvalue weighted by atomic mass is 16.5. The minimum absolute atomic E-state index is 0.117. The number of piperidine rings is 1. The Labute approximate surface area is 164 Å². The zero-order valence-electron chi connectivity index (χ0n) is 16.1. The lowest BCUT2D eigenvalue weighted by atomic mass is 10.1. The molecule has 0 radical (unpaired) electrons. The number of aromatic amines is 1. The van der Waals surface area contributed by atoms with Gasteiger partial charge in [0.05, 0.1) is 12.1 Å². The number of hydrogen-bond donors (Lipinski definition) is 2. The molecule has 3 aromatic rings. The van der Waals surface area contributed by atoms with Crippen molar-refractivity contribution in [2.24, 2.45) is 0 Å². The Morgan fingerprint density at radius 3 is 2.89 bits per heavy atom. The van der Waals surface area contributed by atoms with E-state index < -0.39 is 0 Å². The summed E-state index contributed by atoms with van der Waals surface area (Å²) in [6.45, 7) is 4.68. The number of fused-ring (bicyclic) bond motifs is 1. The highest BCUT2D eigenvalue weighted by molar-refractivity contribution is 6.06. The molecule has 2 N–H and O–H groups in total. The number of nitrogens with one attached hydrogen (secondary N) is 2. The van der Waals surface area contributed by atoms with Crippen LogP contribution >= 0.6 is 0 Å². The maximum absolute atomic E-state index is 12.4. The maximum Gasteiger partial charge on any atom is 0.253 e. The van der Waals surface area contributed by atoms with Crippen LogP contribution in [0.15, 0.2) is 36.5 Å². The summed E-state index contributed by atoms with van der Waals surface area (Å²) in [5, 5.41) is 3.82. The number of nitrogens with zero attached hydrogens (tertiary/aromatic N) is 3. The van der Waals surface area contributed by atoms with Gasteiger partial charge in [0.15, 0.2) is 0 Å². The normalized spacial score (nSPS) is 14.2. The fourth-order valence-corrected chi connectivity index (χ4v) is 3.56. The predicted octanol–water partition coefficient (Wildman–Crippen LogP) is 3.07. The first-order chi connectivity index (χ1) is 13.7. The second kappa shape index (κ2) is 8.29. The maximum atomic E-state index is 12.4. The third kappa shape index (κ3) is 4.08. The van der Waals surface area contributed by atoms with Crippen LogP contribution < -0.4 is 15.0 Å². The summed E-state index contributed by atoms with van der Waals surface area (Å²) < 4.78 is 5.77. The van der Waals surface area contributed by atoms with E-state index in [2.05, 4.69) is 25.2 Å². The van der Waals surface area contributed by atoms with Crippen LogP contribution in [0.1, 0.15) is 35.4 Å². The van der Waals surface area contributed by atoms with Crippen molar-refractivity contribution >= 4 is 22.6 Å². The number of carbonyl (C=O) groups excluding carboxylic acids is 1. The molecule has 0 unspecified atom stereocenters. The monoisotopic (exact) mass is 379 g/mol. The Balaban J connectivity index is 1.32. The van der Waals surface area contributed by atoms with Gasteiger partial charge < -0.3 is 19.9 Å². The molecule has 0 saturated carbocycles. The molecule has 2 aromatic heterocycles. The summed E-state index contributed by atoms with van der Waals surface area (Å²) >= 11 is 0. The van der Waals surface area contributed by atoms with Crippen LogP contribution in [0.25, 0.3) is 10.9 Å². The largest absolute Gasteiger partial charge is 0.476 e. The van der Waals surface area contributed by atoms with Crippen molar-refractivity contribution < 1.29 is 9.53 Å². The SMILES string of the molecule is Cc1nc(OCCNC(=O)c2c[nH]c3ccccc23)cc(N2CCCCC2)n1. The fraction of sp³-hybridized carbons (Fsp3) is 0.381. The Morgan fingerprint density at radius 2 is 2.04 bits per heavy atom. The summed E-state index contributed by atoms with van der Waals surface area (Å²) in [6.07, 6.45) is 5.40. The Bertz CT molecular complexity index is 962. The van der Waals surface area contributed by atoms with E-state index in [1.165, 1.54) is 19.3 Å². The molecule has 0 bridgehead atoms. The molecule has 3 heterocycles. The average molecular weight is 379 g/mol. The quantitative estimate of drug-likeness (QED) is 0.643. The first kappa shape index (κ1) is 18.3. The number of carbonyl (C=O) groups is 1. The molecule has 0 spiro atoms. The van der Waals surface area contributed by atoms with Gasteiger partial charge in [0.1, 0.15) is 18.2 Å². The summed E-state index contributed by atoms with van der Waals surface area (Å²) in [5.74, 6) is 2.05. The van der Waals surface area contributed by atoms with Gasteiger partial charge in [0, 0.05) is 36.3 Å². The lowest BCUT2D eigenvalue weighted by molar-refractivity contribution is 0.0948. The third-order valence-electron chi connectivity index (χ3n) is 4.95. The zero-order valence-corrected chi connectivity index (χ0v) is 16.1. The van der Waals surface area contributed by atoms with Gasteiger partial charge in [-0.2, -0.15) is 4.98 Å². The molecule has 7 nitrogen and oxygen atoms in total. The van der Waals surface area contributed by atoms with E-state index >= 15 is 0 Å². The lowest BCUT2D eigenvalue weighted by Crippen LogP contribution is -2.30. The predicted molar refractivity (Wildman–Crippen MR) is 109 cm³/mol. The van der Waals surface area contributed by atoms with Crippen LogP contribution in [0.3, 0.4) is 0 Å². The second-order valence-corrected chi connectivity index (χ2v) is 7.01. The summed E-state index contributed by atoms with van der Waals surface area (Å²) in [6, 6.07) is 9.64. The van der Waals surface area contributed by atoms with Crippen LogP contribution in [0.2, 0.25) is 0 Å². The number of aryl methyl sites for hydroxylation is 1. The minimum atomic E-state index is -0.117. The first-order valence-electron chi connectivity index (χ1n) is 9.78. The number of para-hydroxylation sites is 1. The molecular formula is C21H25N5O2. The number of hydrogen-bond acceptors (Lipinski definition) is 5. The van der Waals surface area contributed by atoms with Crippen molar-refractivity contribution in [2.75, 3.05) is 31.1 Å².